The summed E-state index contributed by atoms with van der Waals surface area (Å²) in [5.74, 6) is -0.986. The third kappa shape index (κ3) is 6.53. The number of aryl methyl sites for hydroxylation is 1. The highest BCUT2D eigenvalue weighted by Gasteiger charge is 2.47. The topological polar surface area (TPSA) is 90.7 Å². The normalized spacial score (nSPS) is 15.6. The first-order valence-corrected chi connectivity index (χ1v) is 10.00. The molecule has 0 bridgehead atoms. The molecule has 1 heterocycles. The van der Waals surface area contributed by atoms with Gasteiger partial charge in [-0.1, -0.05) is 32.6 Å². The number of ether oxygens (including phenoxy) is 2. The molecule has 0 fully saturated rings. The lowest BCUT2D eigenvalue weighted by atomic mass is 9.98. The summed E-state index contributed by atoms with van der Waals surface area (Å²) in [7, 11) is 1.23. The summed E-state index contributed by atoms with van der Waals surface area (Å²) >= 11 is 5.91. The molecular weight excluding hydrogens is 391 g/mol. The van der Waals surface area contributed by atoms with E-state index in [1.54, 1.807) is 6.92 Å². The molecule has 0 aromatic carbocycles. The number of unbranched alkanes of at least 4 members (excludes halogenated alkanes) is 4. The largest absolute Gasteiger partial charge is 0.454 e. The van der Waals surface area contributed by atoms with Crippen LogP contribution in [0.5, 0.6) is 0 Å². The highest BCUT2D eigenvalue weighted by atomic mass is 35.5. The minimum atomic E-state index is -2.13. The predicted molar refractivity (Wildman–Crippen MR) is 104 cm³/mol. The van der Waals surface area contributed by atoms with E-state index in [1.165, 1.54) is 19.4 Å². The summed E-state index contributed by atoms with van der Waals surface area (Å²) in [6.07, 6.45) is 2.20. The Morgan fingerprint density at radius 1 is 1.39 bits per heavy atom. The van der Waals surface area contributed by atoms with Crippen LogP contribution >= 0.6 is 11.6 Å². The smallest absolute Gasteiger partial charge is 0.350 e. The maximum Gasteiger partial charge on any atom is 0.350 e. The lowest BCUT2D eigenvalue weighted by Crippen LogP contribution is -2.55. The first-order chi connectivity index (χ1) is 13.3. The Bertz CT molecular complexity index is 658. The third-order valence-electron chi connectivity index (χ3n) is 4.65. The average molecular weight is 421 g/mol. The number of nitrogens with zero attached hydrogens (tertiary/aromatic N) is 2. The lowest BCUT2D eigenvalue weighted by Gasteiger charge is -2.37. The Morgan fingerprint density at radius 2 is 2.07 bits per heavy atom. The van der Waals surface area contributed by atoms with E-state index < -0.39 is 36.3 Å². The van der Waals surface area contributed by atoms with Crippen molar-refractivity contribution >= 4 is 17.6 Å². The molecule has 0 spiro atoms. The second-order valence-electron chi connectivity index (χ2n) is 6.77. The maximum atomic E-state index is 15.3. The number of aromatic nitrogens is 2. The standard InChI is InChI=1S/C19H30ClFN2O5/c1-4-5-6-7-8-9-15(25)28-16(19(12-20,13-24)27-3)17(21)23-11-10-14(2)22-18(23)26/h10-11,16-17,24H,4-9,12-13H2,1-3H3/t16-,17?,19+/m0/s1. The van der Waals surface area contributed by atoms with Crippen molar-refractivity contribution in [3.8, 4) is 0 Å². The molecule has 0 aliphatic carbocycles. The van der Waals surface area contributed by atoms with E-state index in [2.05, 4.69) is 11.9 Å². The second-order valence-corrected chi connectivity index (χ2v) is 7.03. The zero-order chi connectivity index (χ0) is 21.2. The van der Waals surface area contributed by atoms with E-state index in [-0.39, 0.29) is 12.3 Å². The molecule has 28 heavy (non-hydrogen) atoms. The van der Waals surface area contributed by atoms with Gasteiger partial charge in [0, 0.05) is 25.4 Å². The number of halogens is 2. The Hall–Kier alpha value is -1.51. The van der Waals surface area contributed by atoms with Crippen LogP contribution in [0.1, 0.15) is 57.4 Å². The predicted octanol–water partition coefficient (Wildman–Crippen LogP) is 2.91. The molecule has 1 unspecified atom stereocenters. The number of hydrogen-bond acceptors (Lipinski definition) is 6. The summed E-state index contributed by atoms with van der Waals surface area (Å²) in [6, 6.07) is 1.45. The summed E-state index contributed by atoms with van der Waals surface area (Å²) < 4.78 is 26.5. The van der Waals surface area contributed by atoms with Crippen molar-refractivity contribution in [1.82, 2.24) is 9.55 Å². The number of aliphatic hydroxyl groups excluding tert-OH is 1. The van der Waals surface area contributed by atoms with Crippen LogP contribution in [-0.2, 0) is 14.3 Å². The van der Waals surface area contributed by atoms with Gasteiger partial charge in [-0.25, -0.2) is 9.18 Å². The SMILES string of the molecule is CCCCCCCC(=O)O[C@@H](C(F)n1ccc(C)nc1=O)[C@](CO)(CCl)OC. The Kier molecular flexibility index (Phi) is 10.6. The molecule has 9 heteroatoms. The van der Waals surface area contributed by atoms with Crippen LogP contribution in [0, 0.1) is 6.92 Å². The van der Waals surface area contributed by atoms with Gasteiger partial charge in [-0.05, 0) is 19.4 Å². The van der Waals surface area contributed by atoms with Crippen LogP contribution in [0.15, 0.2) is 17.1 Å². The second kappa shape index (κ2) is 12.1. The van der Waals surface area contributed by atoms with Gasteiger partial charge in [0.05, 0.1) is 12.5 Å². The van der Waals surface area contributed by atoms with Crippen LogP contribution in [0.25, 0.3) is 0 Å². The van der Waals surface area contributed by atoms with Gasteiger partial charge in [-0.15, -0.1) is 11.6 Å². The van der Waals surface area contributed by atoms with Crippen LogP contribution in [0.2, 0.25) is 0 Å². The number of esters is 1. The van der Waals surface area contributed by atoms with E-state index >= 15 is 4.39 Å². The zero-order valence-corrected chi connectivity index (χ0v) is 17.5. The number of carbonyl (C=O) groups excluding carboxylic acids is 1. The van der Waals surface area contributed by atoms with Gasteiger partial charge in [0.25, 0.3) is 0 Å². The summed E-state index contributed by atoms with van der Waals surface area (Å²) in [5.41, 5.74) is -2.12. The van der Waals surface area contributed by atoms with Gasteiger partial charge in [0.1, 0.15) is 5.60 Å². The van der Waals surface area contributed by atoms with Gasteiger partial charge in [-0.3, -0.25) is 9.36 Å². The van der Waals surface area contributed by atoms with Crippen molar-refractivity contribution in [3.05, 3.63) is 28.4 Å². The molecular formula is C19H30ClFN2O5. The average Bonchev–Trinajstić information content (AvgIpc) is 2.68. The van der Waals surface area contributed by atoms with Crippen molar-refractivity contribution in [1.29, 1.82) is 0 Å². The summed E-state index contributed by atoms with van der Waals surface area (Å²) in [6.45, 7) is 2.99. The minimum absolute atomic E-state index is 0.0987. The fourth-order valence-corrected chi connectivity index (χ4v) is 3.11. The lowest BCUT2D eigenvalue weighted by molar-refractivity contribution is -0.190. The number of hydrogen-bond donors (Lipinski definition) is 1. The van der Waals surface area contributed by atoms with Crippen LogP contribution in [-0.4, -0.2) is 51.9 Å². The van der Waals surface area contributed by atoms with Crippen LogP contribution in [0.4, 0.5) is 4.39 Å². The minimum Gasteiger partial charge on any atom is -0.454 e. The molecule has 0 aliphatic rings. The van der Waals surface area contributed by atoms with E-state index in [4.69, 9.17) is 21.1 Å². The maximum absolute atomic E-state index is 15.3. The highest BCUT2D eigenvalue weighted by molar-refractivity contribution is 6.18. The third-order valence-corrected chi connectivity index (χ3v) is 5.10. The van der Waals surface area contributed by atoms with E-state index in [9.17, 15) is 14.7 Å². The molecule has 0 aliphatic heterocycles. The number of rotatable bonds is 13. The monoisotopic (exact) mass is 420 g/mol. The van der Waals surface area contributed by atoms with Gasteiger partial charge < -0.3 is 14.6 Å². The quantitative estimate of drug-likeness (QED) is 0.300. The van der Waals surface area contributed by atoms with E-state index in [0.29, 0.717) is 16.7 Å². The highest BCUT2D eigenvalue weighted by Crippen LogP contribution is 2.30. The molecule has 0 saturated carbocycles. The molecule has 1 N–H and O–H groups in total. The summed E-state index contributed by atoms with van der Waals surface area (Å²) in [5, 5.41) is 9.77. The first kappa shape index (κ1) is 24.5. The molecule has 1 aromatic rings. The number of carbonyl (C=O) groups is 1. The Labute approximate surface area is 169 Å². The molecule has 0 radical (unpaired) electrons. The molecule has 1 aromatic heterocycles. The molecule has 1 rings (SSSR count). The van der Waals surface area contributed by atoms with Crippen LogP contribution in [0.3, 0.4) is 0 Å². The van der Waals surface area contributed by atoms with Crippen molar-refractivity contribution in [2.45, 2.75) is 70.4 Å². The van der Waals surface area contributed by atoms with Gasteiger partial charge in [0.2, 0.25) is 6.30 Å². The van der Waals surface area contributed by atoms with Crippen molar-refractivity contribution in [2.75, 3.05) is 19.6 Å². The van der Waals surface area contributed by atoms with Crippen LogP contribution < -0.4 is 5.69 Å². The molecule has 7 nitrogen and oxygen atoms in total. The summed E-state index contributed by atoms with van der Waals surface area (Å²) in [4.78, 5) is 28.0. The first-order valence-electron chi connectivity index (χ1n) is 9.46. The molecule has 0 saturated heterocycles. The van der Waals surface area contributed by atoms with E-state index in [1.807, 2.05) is 0 Å². The van der Waals surface area contributed by atoms with Gasteiger partial charge in [0.15, 0.2) is 6.10 Å². The fourth-order valence-electron chi connectivity index (χ4n) is 2.76. The number of alkyl halides is 2. The Balaban J connectivity index is 3.02. The Morgan fingerprint density at radius 3 is 2.61 bits per heavy atom. The number of methoxy groups -OCH3 is 1. The number of aliphatic hydroxyl groups is 1. The fraction of sp³-hybridized carbons (Fsp3) is 0.737. The van der Waals surface area contributed by atoms with Gasteiger partial charge >= 0.3 is 11.7 Å². The van der Waals surface area contributed by atoms with Crippen molar-refractivity contribution in [2.24, 2.45) is 0 Å². The zero-order valence-electron chi connectivity index (χ0n) is 16.7. The van der Waals surface area contributed by atoms with Crippen molar-refractivity contribution < 1.29 is 23.8 Å². The molecule has 0 amide bonds. The van der Waals surface area contributed by atoms with Gasteiger partial charge in [-0.2, -0.15) is 4.98 Å². The molecule has 3 atom stereocenters. The molecule has 160 valence electrons. The van der Waals surface area contributed by atoms with Crippen molar-refractivity contribution in [3.63, 3.8) is 0 Å². The van der Waals surface area contributed by atoms with E-state index in [0.717, 1.165) is 25.7 Å².